The zero-order valence-corrected chi connectivity index (χ0v) is 9.57. The van der Waals surface area contributed by atoms with Crippen molar-refractivity contribution in [2.75, 3.05) is 5.75 Å². The summed E-state index contributed by atoms with van der Waals surface area (Å²) in [6, 6.07) is 10.3. The molecule has 0 spiro atoms. The van der Waals surface area contributed by atoms with Gasteiger partial charge in [-0.3, -0.25) is 0 Å². The molecule has 0 aromatic heterocycles. The van der Waals surface area contributed by atoms with E-state index in [2.05, 4.69) is 17.3 Å². The second-order valence-electron chi connectivity index (χ2n) is 3.43. The van der Waals surface area contributed by atoms with Gasteiger partial charge < -0.3 is 10.9 Å². The van der Waals surface area contributed by atoms with Crippen molar-refractivity contribution < 1.29 is 5.21 Å². The molecule has 0 fully saturated rings. The van der Waals surface area contributed by atoms with Crippen LogP contribution in [0.2, 0.25) is 0 Å². The summed E-state index contributed by atoms with van der Waals surface area (Å²) >= 11 is 1.79. The third kappa shape index (κ3) is 4.25. The lowest BCUT2D eigenvalue weighted by molar-refractivity contribution is 0.315. The maximum Gasteiger partial charge on any atom is 0.142 e. The van der Waals surface area contributed by atoms with E-state index in [1.807, 2.05) is 25.1 Å². The molecule has 0 saturated carbocycles. The summed E-state index contributed by atoms with van der Waals surface area (Å²) in [6.07, 6.45) is 0. The highest BCUT2D eigenvalue weighted by Gasteiger charge is 2.07. The molecule has 0 amide bonds. The highest BCUT2D eigenvalue weighted by Crippen LogP contribution is 2.15. The van der Waals surface area contributed by atoms with E-state index >= 15 is 0 Å². The van der Waals surface area contributed by atoms with Crippen molar-refractivity contribution in [3.05, 3.63) is 35.9 Å². The molecule has 0 aliphatic heterocycles. The predicted molar refractivity (Wildman–Crippen MR) is 65.2 cm³/mol. The van der Waals surface area contributed by atoms with E-state index < -0.39 is 0 Å². The summed E-state index contributed by atoms with van der Waals surface area (Å²) in [7, 11) is 0. The molecule has 0 radical (unpaired) electrons. The van der Waals surface area contributed by atoms with Gasteiger partial charge in [0.1, 0.15) is 5.84 Å². The number of hydrogen-bond donors (Lipinski definition) is 2. The second-order valence-corrected chi connectivity index (χ2v) is 4.46. The molecule has 0 aliphatic rings. The third-order valence-corrected chi connectivity index (χ3v) is 3.37. The largest absolute Gasteiger partial charge is 0.409 e. The first-order chi connectivity index (χ1) is 7.24. The summed E-state index contributed by atoms with van der Waals surface area (Å²) in [5.41, 5.74) is 6.78. The molecule has 3 N–H and O–H groups in total. The lowest BCUT2D eigenvalue weighted by atomic mass is 10.2. The van der Waals surface area contributed by atoms with Crippen molar-refractivity contribution in [2.24, 2.45) is 16.8 Å². The predicted octanol–water partition coefficient (Wildman–Crippen LogP) is 2.30. The van der Waals surface area contributed by atoms with E-state index in [0.717, 1.165) is 11.5 Å². The van der Waals surface area contributed by atoms with Crippen molar-refractivity contribution in [3.63, 3.8) is 0 Å². The topological polar surface area (TPSA) is 58.6 Å². The van der Waals surface area contributed by atoms with E-state index in [0.29, 0.717) is 5.84 Å². The molecule has 0 saturated heterocycles. The van der Waals surface area contributed by atoms with E-state index in [4.69, 9.17) is 10.9 Å². The van der Waals surface area contributed by atoms with Gasteiger partial charge in [0, 0.05) is 17.4 Å². The number of oxime groups is 1. The maximum absolute atomic E-state index is 8.48. The normalized spacial score (nSPS) is 13.8. The van der Waals surface area contributed by atoms with Crippen LogP contribution < -0.4 is 5.73 Å². The lowest BCUT2D eigenvalue weighted by Gasteiger charge is -2.08. The summed E-state index contributed by atoms with van der Waals surface area (Å²) in [4.78, 5) is 0. The minimum absolute atomic E-state index is 0.115. The van der Waals surface area contributed by atoms with Crippen molar-refractivity contribution in [1.29, 1.82) is 0 Å². The van der Waals surface area contributed by atoms with Crippen LogP contribution in [0, 0.1) is 5.92 Å². The summed E-state index contributed by atoms with van der Waals surface area (Å²) in [5, 5.41) is 11.5. The number of thioether (sulfide) groups is 1. The quantitative estimate of drug-likeness (QED) is 0.349. The molecule has 0 bridgehead atoms. The van der Waals surface area contributed by atoms with Crippen LogP contribution in [-0.4, -0.2) is 16.8 Å². The maximum atomic E-state index is 8.48. The van der Waals surface area contributed by atoms with Crippen molar-refractivity contribution in [3.8, 4) is 0 Å². The molecule has 1 atom stereocenters. The molecule has 15 heavy (non-hydrogen) atoms. The summed E-state index contributed by atoms with van der Waals surface area (Å²) < 4.78 is 0. The van der Waals surface area contributed by atoms with Crippen LogP contribution in [0.5, 0.6) is 0 Å². The third-order valence-electron chi connectivity index (χ3n) is 2.10. The molecule has 1 rings (SSSR count). The molecule has 1 aromatic carbocycles. The minimum atomic E-state index is 0.115. The first kappa shape index (κ1) is 11.9. The van der Waals surface area contributed by atoms with Crippen LogP contribution in [0.4, 0.5) is 0 Å². The average Bonchev–Trinajstić information content (AvgIpc) is 2.29. The van der Waals surface area contributed by atoms with Gasteiger partial charge in [-0.25, -0.2) is 0 Å². The Hall–Kier alpha value is -1.16. The highest BCUT2D eigenvalue weighted by molar-refractivity contribution is 7.98. The first-order valence-electron chi connectivity index (χ1n) is 4.83. The fourth-order valence-electron chi connectivity index (χ4n) is 1.11. The molecular formula is C11H16N2OS. The van der Waals surface area contributed by atoms with Gasteiger partial charge in [0.15, 0.2) is 0 Å². The first-order valence-corrected chi connectivity index (χ1v) is 5.98. The molecule has 0 aliphatic carbocycles. The minimum Gasteiger partial charge on any atom is -0.409 e. The van der Waals surface area contributed by atoms with Crippen molar-refractivity contribution in [1.82, 2.24) is 0 Å². The number of nitrogens with two attached hydrogens (primary N) is 1. The number of hydrogen-bond acceptors (Lipinski definition) is 3. The second kappa shape index (κ2) is 6.35. The van der Waals surface area contributed by atoms with Gasteiger partial charge in [-0.1, -0.05) is 42.4 Å². The summed E-state index contributed by atoms with van der Waals surface area (Å²) in [6.45, 7) is 1.95. The molecular weight excluding hydrogens is 208 g/mol. The fourth-order valence-corrected chi connectivity index (χ4v) is 2.18. The van der Waals surface area contributed by atoms with Crippen molar-refractivity contribution >= 4 is 17.6 Å². The van der Waals surface area contributed by atoms with Crippen LogP contribution >= 0.6 is 11.8 Å². The van der Waals surface area contributed by atoms with Gasteiger partial charge in [-0.2, -0.15) is 11.8 Å². The van der Waals surface area contributed by atoms with E-state index in [-0.39, 0.29) is 5.92 Å². The molecule has 0 heterocycles. The van der Waals surface area contributed by atoms with Crippen LogP contribution in [0.1, 0.15) is 12.5 Å². The van der Waals surface area contributed by atoms with E-state index in [1.54, 1.807) is 11.8 Å². The number of nitrogens with zero attached hydrogens (tertiary/aromatic N) is 1. The standard InChI is InChI=1S/C11H16N2OS/c1-9(11(12)13-14)7-15-8-10-5-3-2-4-6-10/h2-6,9,14H,7-8H2,1H3,(H2,12,13). The van der Waals surface area contributed by atoms with Gasteiger partial charge in [-0.15, -0.1) is 0 Å². The van der Waals surface area contributed by atoms with Gasteiger partial charge in [0.25, 0.3) is 0 Å². The van der Waals surface area contributed by atoms with Gasteiger partial charge in [0.05, 0.1) is 0 Å². The Bertz CT molecular complexity index is 314. The van der Waals surface area contributed by atoms with Crippen molar-refractivity contribution in [2.45, 2.75) is 12.7 Å². The van der Waals surface area contributed by atoms with Crippen LogP contribution in [-0.2, 0) is 5.75 Å². The zero-order valence-electron chi connectivity index (χ0n) is 8.76. The number of rotatable bonds is 5. The summed E-state index contributed by atoms with van der Waals surface area (Å²) in [5.74, 6) is 2.24. The van der Waals surface area contributed by atoms with E-state index in [1.165, 1.54) is 5.56 Å². The Balaban J connectivity index is 2.28. The molecule has 1 aromatic rings. The molecule has 82 valence electrons. The van der Waals surface area contributed by atoms with E-state index in [9.17, 15) is 0 Å². The van der Waals surface area contributed by atoms with Gasteiger partial charge in [0.2, 0.25) is 0 Å². The number of benzene rings is 1. The number of amidine groups is 1. The van der Waals surface area contributed by atoms with Gasteiger partial charge in [-0.05, 0) is 5.56 Å². The smallest absolute Gasteiger partial charge is 0.142 e. The average molecular weight is 224 g/mol. The molecule has 4 heteroatoms. The molecule has 1 unspecified atom stereocenters. The monoisotopic (exact) mass is 224 g/mol. The fraction of sp³-hybridized carbons (Fsp3) is 0.364. The van der Waals surface area contributed by atoms with Crippen LogP contribution in [0.3, 0.4) is 0 Å². The van der Waals surface area contributed by atoms with Gasteiger partial charge >= 0.3 is 0 Å². The van der Waals surface area contributed by atoms with Crippen LogP contribution in [0.15, 0.2) is 35.5 Å². The zero-order chi connectivity index (χ0) is 11.1. The molecule has 3 nitrogen and oxygen atoms in total. The Morgan fingerprint density at radius 1 is 1.47 bits per heavy atom. The SMILES string of the molecule is CC(CSCc1ccccc1)/C(N)=N/O. The Labute approximate surface area is 94.4 Å². The highest BCUT2D eigenvalue weighted by atomic mass is 32.2. The lowest BCUT2D eigenvalue weighted by Crippen LogP contribution is -2.22. The Kier molecular flexibility index (Phi) is 5.04. The Morgan fingerprint density at radius 2 is 2.13 bits per heavy atom. The Morgan fingerprint density at radius 3 is 2.73 bits per heavy atom. The van der Waals surface area contributed by atoms with Crippen LogP contribution in [0.25, 0.3) is 0 Å².